The molecule has 4 fully saturated rings. The van der Waals surface area contributed by atoms with Crippen LogP contribution in [0.25, 0.3) is 0 Å². The Balaban J connectivity index is 1.68. The van der Waals surface area contributed by atoms with Crippen LogP contribution in [0.3, 0.4) is 0 Å². The van der Waals surface area contributed by atoms with Crippen LogP contribution in [0.4, 0.5) is 5.69 Å². The number of rotatable bonds is 2. The molecule has 26 heavy (non-hydrogen) atoms. The van der Waals surface area contributed by atoms with Crippen molar-refractivity contribution in [1.29, 1.82) is 0 Å². The van der Waals surface area contributed by atoms with Gasteiger partial charge in [-0.05, 0) is 31.0 Å². The number of piperidine rings is 1. The van der Waals surface area contributed by atoms with Gasteiger partial charge in [-0.15, -0.1) is 6.58 Å². The minimum atomic E-state index is -0.669. The summed E-state index contributed by atoms with van der Waals surface area (Å²) in [6.45, 7) is 6.00. The third kappa shape index (κ3) is 1.30. The summed E-state index contributed by atoms with van der Waals surface area (Å²) in [7, 11) is 3.78. The molecule has 0 N–H and O–H groups in total. The minimum absolute atomic E-state index is 0.0170. The van der Waals surface area contributed by atoms with E-state index in [-0.39, 0.29) is 23.3 Å². The number of amides is 1. The molecular formula is C21H24N2O3. The maximum Gasteiger partial charge on any atom is 0.264 e. The first-order valence-electron chi connectivity index (χ1n) is 9.55. The Morgan fingerprint density at radius 2 is 2.19 bits per heavy atom. The summed E-state index contributed by atoms with van der Waals surface area (Å²) in [6.07, 6.45) is 3.04. The van der Waals surface area contributed by atoms with Gasteiger partial charge < -0.3 is 9.64 Å². The van der Waals surface area contributed by atoms with E-state index in [0.717, 1.165) is 30.8 Å². The Hall–Kier alpha value is -1.69. The summed E-state index contributed by atoms with van der Waals surface area (Å²) in [4.78, 5) is 21.9. The predicted octanol–water partition coefficient (Wildman–Crippen LogP) is 1.98. The van der Waals surface area contributed by atoms with Crippen LogP contribution >= 0.6 is 0 Å². The average Bonchev–Trinajstić information content (AvgIpc) is 3.13. The van der Waals surface area contributed by atoms with Gasteiger partial charge in [-0.3, -0.25) is 9.63 Å². The summed E-state index contributed by atoms with van der Waals surface area (Å²) in [5.74, 6) is 1.31. The van der Waals surface area contributed by atoms with E-state index < -0.39 is 5.41 Å². The molecule has 2 aliphatic carbocycles. The molecule has 6 rings (SSSR count). The Labute approximate surface area is 153 Å². The monoisotopic (exact) mass is 352 g/mol. The number of para-hydroxylation sites is 1. The van der Waals surface area contributed by atoms with E-state index in [0.29, 0.717) is 17.9 Å². The van der Waals surface area contributed by atoms with Crippen LogP contribution in [-0.4, -0.2) is 50.3 Å². The first kappa shape index (κ1) is 15.4. The van der Waals surface area contributed by atoms with Crippen molar-refractivity contribution >= 4 is 11.6 Å². The fraction of sp³-hybridized carbons (Fsp3) is 0.571. The Bertz CT molecular complexity index is 840. The molecule has 1 amide bonds. The number of nitrogens with zero attached hydrogens (tertiary/aromatic N) is 2. The van der Waals surface area contributed by atoms with Crippen LogP contribution in [0, 0.1) is 23.2 Å². The first-order valence-corrected chi connectivity index (χ1v) is 9.55. The van der Waals surface area contributed by atoms with Crippen molar-refractivity contribution in [3.63, 3.8) is 0 Å². The topological polar surface area (TPSA) is 42.0 Å². The van der Waals surface area contributed by atoms with Gasteiger partial charge in [0.05, 0.1) is 25.5 Å². The summed E-state index contributed by atoms with van der Waals surface area (Å²) in [5, 5.41) is 1.50. The quantitative estimate of drug-likeness (QED) is 0.764. The fourth-order valence-electron chi connectivity index (χ4n) is 7.64. The standard InChI is InChI=1S/C21H24N2O3/c1-4-20-11-22(2)17-12-10-26-16(9-14(12)20)21(18(17)20)13-7-5-6-8-15(13)23(25-3)19(21)24/h4-8,12,14,16-18H,1,9-11H2,2-3H3/t12-,14+,16-,17+,18-,20-,21-/m0/s1. The van der Waals surface area contributed by atoms with Gasteiger partial charge in [-0.25, -0.2) is 0 Å². The summed E-state index contributed by atoms with van der Waals surface area (Å²) in [6, 6.07) is 8.47. The molecule has 2 saturated carbocycles. The lowest BCUT2D eigenvalue weighted by atomic mass is 9.51. The molecule has 0 radical (unpaired) electrons. The molecule has 3 heterocycles. The summed E-state index contributed by atoms with van der Waals surface area (Å²) >= 11 is 0. The van der Waals surface area contributed by atoms with Crippen LogP contribution in [0.1, 0.15) is 12.0 Å². The lowest BCUT2D eigenvalue weighted by Crippen LogP contribution is -2.63. The number of fused-ring (bicyclic) bond motifs is 5. The van der Waals surface area contributed by atoms with Crippen molar-refractivity contribution in [1.82, 2.24) is 4.90 Å². The van der Waals surface area contributed by atoms with Crippen LogP contribution < -0.4 is 5.06 Å². The highest BCUT2D eigenvalue weighted by Crippen LogP contribution is 2.73. The molecule has 5 heteroatoms. The molecule has 3 aliphatic heterocycles. The van der Waals surface area contributed by atoms with Gasteiger partial charge in [0.25, 0.3) is 5.91 Å². The van der Waals surface area contributed by atoms with Crippen molar-refractivity contribution in [2.24, 2.45) is 23.2 Å². The van der Waals surface area contributed by atoms with E-state index in [4.69, 9.17) is 9.57 Å². The van der Waals surface area contributed by atoms with Crippen molar-refractivity contribution in [3.05, 3.63) is 42.5 Å². The number of hydrogen-bond donors (Lipinski definition) is 0. The van der Waals surface area contributed by atoms with Gasteiger partial charge in [-0.1, -0.05) is 24.3 Å². The minimum Gasteiger partial charge on any atom is -0.376 e. The molecule has 2 saturated heterocycles. The van der Waals surface area contributed by atoms with Crippen molar-refractivity contribution in [3.8, 4) is 0 Å². The number of carbonyl (C=O) groups is 1. The normalized spacial score (nSPS) is 47.8. The van der Waals surface area contributed by atoms with Crippen LogP contribution in [0.5, 0.6) is 0 Å². The van der Waals surface area contributed by atoms with E-state index in [2.05, 4.69) is 30.7 Å². The second-order valence-electron chi connectivity index (χ2n) is 8.70. The van der Waals surface area contributed by atoms with Gasteiger partial charge in [0.2, 0.25) is 0 Å². The maximum atomic E-state index is 13.9. The molecule has 1 aromatic rings. The second kappa shape index (κ2) is 4.58. The highest BCUT2D eigenvalue weighted by molar-refractivity contribution is 6.08. The Kier molecular flexibility index (Phi) is 2.71. The zero-order valence-electron chi connectivity index (χ0n) is 15.2. The maximum absolute atomic E-state index is 13.9. The van der Waals surface area contributed by atoms with Crippen molar-refractivity contribution in [2.45, 2.75) is 24.0 Å². The van der Waals surface area contributed by atoms with Crippen LogP contribution in [0.15, 0.2) is 36.9 Å². The van der Waals surface area contributed by atoms with E-state index >= 15 is 0 Å². The number of likely N-dealkylation sites (tertiary alicyclic amines) is 1. The van der Waals surface area contributed by atoms with E-state index in [1.807, 2.05) is 18.2 Å². The zero-order chi connectivity index (χ0) is 17.8. The largest absolute Gasteiger partial charge is 0.376 e. The first-order chi connectivity index (χ1) is 12.6. The molecule has 1 aromatic carbocycles. The molecule has 5 aliphatic rings. The second-order valence-corrected chi connectivity index (χ2v) is 8.70. The number of carbonyl (C=O) groups excluding carboxylic acids is 1. The van der Waals surface area contributed by atoms with E-state index in [1.165, 1.54) is 5.06 Å². The number of hydroxylamine groups is 1. The SMILES string of the molecule is C=C[C@]12CN(C)[C@@H]3[C@H]4CO[C@@H](C[C@H]41)[C@]1(C(=O)N(OC)c4ccccc41)[C@@H]32. The summed E-state index contributed by atoms with van der Waals surface area (Å²) in [5.41, 5.74) is 1.27. The van der Waals surface area contributed by atoms with Gasteiger partial charge in [0.1, 0.15) is 5.41 Å². The Morgan fingerprint density at radius 1 is 1.38 bits per heavy atom. The van der Waals surface area contributed by atoms with Crippen LogP contribution in [0.2, 0.25) is 0 Å². The lowest BCUT2D eigenvalue weighted by Gasteiger charge is -2.54. The van der Waals surface area contributed by atoms with E-state index in [1.54, 1.807) is 7.11 Å². The molecular weight excluding hydrogens is 328 g/mol. The third-order valence-corrected chi connectivity index (χ3v) is 8.22. The molecule has 136 valence electrons. The molecule has 5 nitrogen and oxygen atoms in total. The van der Waals surface area contributed by atoms with E-state index in [9.17, 15) is 4.79 Å². The number of anilines is 1. The van der Waals surface area contributed by atoms with Gasteiger partial charge >= 0.3 is 0 Å². The van der Waals surface area contributed by atoms with Crippen molar-refractivity contribution < 1.29 is 14.4 Å². The van der Waals surface area contributed by atoms with Gasteiger partial charge in [0.15, 0.2) is 0 Å². The lowest BCUT2D eigenvalue weighted by molar-refractivity contribution is -0.159. The molecule has 5 bridgehead atoms. The Morgan fingerprint density at radius 3 is 2.96 bits per heavy atom. The number of hydrogen-bond acceptors (Lipinski definition) is 4. The predicted molar refractivity (Wildman–Crippen MR) is 96.5 cm³/mol. The third-order valence-electron chi connectivity index (χ3n) is 8.22. The smallest absolute Gasteiger partial charge is 0.264 e. The molecule has 7 atom stereocenters. The van der Waals surface area contributed by atoms with Gasteiger partial charge in [0, 0.05) is 29.8 Å². The fourth-order valence-corrected chi connectivity index (χ4v) is 7.64. The molecule has 0 aromatic heterocycles. The molecule has 0 unspecified atom stereocenters. The molecule has 1 spiro atoms. The van der Waals surface area contributed by atoms with Gasteiger partial charge in [-0.2, -0.15) is 5.06 Å². The number of ether oxygens (including phenoxy) is 1. The van der Waals surface area contributed by atoms with Crippen molar-refractivity contribution in [2.75, 3.05) is 32.4 Å². The summed E-state index contributed by atoms with van der Waals surface area (Å²) < 4.78 is 6.39. The zero-order valence-corrected chi connectivity index (χ0v) is 15.2. The average molecular weight is 352 g/mol. The highest BCUT2D eigenvalue weighted by atomic mass is 16.7. The van der Waals surface area contributed by atoms with Crippen LogP contribution in [-0.2, 0) is 19.8 Å². The highest BCUT2D eigenvalue weighted by Gasteiger charge is 2.80. The number of benzene rings is 1.